The van der Waals surface area contributed by atoms with Gasteiger partial charge < -0.3 is 9.47 Å². The third-order valence-corrected chi connectivity index (χ3v) is 3.72. The molecule has 0 spiro atoms. The molecule has 22 heavy (non-hydrogen) atoms. The Bertz CT molecular complexity index is 559. The summed E-state index contributed by atoms with van der Waals surface area (Å²) in [6.07, 6.45) is -0.454. The first-order valence-electron chi connectivity index (χ1n) is 7.22. The standard InChI is InChI=1S/C20H22O2/c1-15(19(21-3)17-11-7-5-8-12-17)16(2)20(22-4)18-13-9-6-10-14-18/h5-14,19-20H,1-2H2,3-4H3. The topological polar surface area (TPSA) is 18.5 Å². The van der Waals surface area contributed by atoms with Gasteiger partial charge >= 0.3 is 0 Å². The molecule has 2 aromatic carbocycles. The molecule has 0 aromatic heterocycles. The van der Waals surface area contributed by atoms with Crippen molar-refractivity contribution >= 4 is 0 Å². The van der Waals surface area contributed by atoms with E-state index in [0.29, 0.717) is 0 Å². The van der Waals surface area contributed by atoms with E-state index in [1.807, 2.05) is 60.7 Å². The van der Waals surface area contributed by atoms with Gasteiger partial charge in [-0.05, 0) is 22.3 Å². The maximum atomic E-state index is 5.63. The smallest absolute Gasteiger partial charge is 0.107 e. The van der Waals surface area contributed by atoms with E-state index in [1.165, 1.54) is 0 Å². The molecule has 0 fully saturated rings. The van der Waals surface area contributed by atoms with Crippen LogP contribution in [0.5, 0.6) is 0 Å². The average Bonchev–Trinajstić information content (AvgIpc) is 2.58. The molecule has 0 radical (unpaired) electrons. The van der Waals surface area contributed by atoms with E-state index < -0.39 is 0 Å². The summed E-state index contributed by atoms with van der Waals surface area (Å²) in [6, 6.07) is 20.0. The quantitative estimate of drug-likeness (QED) is 0.678. The second-order valence-electron chi connectivity index (χ2n) is 5.10. The Morgan fingerprint density at radius 2 is 1.00 bits per heavy atom. The summed E-state index contributed by atoms with van der Waals surface area (Å²) in [5.74, 6) is 0. The fourth-order valence-corrected chi connectivity index (χ4v) is 2.55. The van der Waals surface area contributed by atoms with Gasteiger partial charge in [0.25, 0.3) is 0 Å². The second kappa shape index (κ2) is 7.74. The van der Waals surface area contributed by atoms with Gasteiger partial charge in [-0.1, -0.05) is 73.8 Å². The van der Waals surface area contributed by atoms with Crippen molar-refractivity contribution in [1.29, 1.82) is 0 Å². The predicted octanol–water partition coefficient (Wildman–Crippen LogP) is 4.87. The summed E-state index contributed by atoms with van der Waals surface area (Å²) < 4.78 is 11.3. The van der Waals surface area contributed by atoms with E-state index in [9.17, 15) is 0 Å². The molecular formula is C20H22O2. The van der Waals surface area contributed by atoms with E-state index in [2.05, 4.69) is 13.2 Å². The van der Waals surface area contributed by atoms with Gasteiger partial charge in [0.05, 0.1) is 0 Å². The van der Waals surface area contributed by atoms with Crippen LogP contribution in [0.3, 0.4) is 0 Å². The Morgan fingerprint density at radius 1 is 0.682 bits per heavy atom. The van der Waals surface area contributed by atoms with Crippen molar-refractivity contribution in [3.8, 4) is 0 Å². The summed E-state index contributed by atoms with van der Waals surface area (Å²) in [4.78, 5) is 0. The van der Waals surface area contributed by atoms with Gasteiger partial charge in [0, 0.05) is 14.2 Å². The van der Waals surface area contributed by atoms with Gasteiger partial charge in [0.1, 0.15) is 12.2 Å². The number of methoxy groups -OCH3 is 2. The molecule has 2 unspecified atom stereocenters. The van der Waals surface area contributed by atoms with Crippen LogP contribution in [0.15, 0.2) is 85.0 Å². The highest BCUT2D eigenvalue weighted by atomic mass is 16.5. The molecule has 0 N–H and O–H groups in total. The lowest BCUT2D eigenvalue weighted by Crippen LogP contribution is -2.12. The highest BCUT2D eigenvalue weighted by molar-refractivity contribution is 5.41. The fraction of sp³-hybridized carbons (Fsp3) is 0.200. The maximum absolute atomic E-state index is 5.63. The molecular weight excluding hydrogens is 272 g/mol. The third kappa shape index (κ3) is 3.53. The van der Waals surface area contributed by atoms with E-state index in [4.69, 9.17) is 9.47 Å². The van der Waals surface area contributed by atoms with Crippen molar-refractivity contribution in [3.05, 3.63) is 96.1 Å². The maximum Gasteiger partial charge on any atom is 0.107 e. The summed E-state index contributed by atoms with van der Waals surface area (Å²) in [5, 5.41) is 0. The molecule has 0 bridgehead atoms. The molecule has 2 aromatic rings. The SMILES string of the molecule is C=C(C(=C)C(OC)c1ccccc1)C(OC)c1ccccc1. The highest BCUT2D eigenvalue weighted by Gasteiger charge is 2.23. The summed E-state index contributed by atoms with van der Waals surface area (Å²) >= 11 is 0. The van der Waals surface area contributed by atoms with E-state index >= 15 is 0 Å². The van der Waals surface area contributed by atoms with E-state index in [0.717, 1.165) is 22.3 Å². The van der Waals surface area contributed by atoms with Crippen LogP contribution in [0.25, 0.3) is 0 Å². The zero-order valence-corrected chi connectivity index (χ0v) is 13.2. The number of rotatable bonds is 7. The van der Waals surface area contributed by atoms with Gasteiger partial charge in [-0.15, -0.1) is 0 Å². The minimum absolute atomic E-state index is 0.227. The molecule has 0 amide bonds. The van der Waals surface area contributed by atoms with Gasteiger partial charge in [-0.2, -0.15) is 0 Å². The van der Waals surface area contributed by atoms with Crippen molar-refractivity contribution < 1.29 is 9.47 Å². The van der Waals surface area contributed by atoms with Crippen LogP contribution in [0, 0.1) is 0 Å². The number of ether oxygens (including phenoxy) is 2. The average molecular weight is 294 g/mol. The Labute approximate surface area is 132 Å². The monoisotopic (exact) mass is 294 g/mol. The van der Waals surface area contributed by atoms with Crippen LogP contribution in [-0.4, -0.2) is 14.2 Å². The van der Waals surface area contributed by atoms with Crippen LogP contribution < -0.4 is 0 Å². The number of benzene rings is 2. The molecule has 2 heteroatoms. The van der Waals surface area contributed by atoms with Crippen molar-refractivity contribution in [1.82, 2.24) is 0 Å². The summed E-state index contributed by atoms with van der Waals surface area (Å²) in [6.45, 7) is 8.38. The van der Waals surface area contributed by atoms with Crippen LogP contribution in [0.4, 0.5) is 0 Å². The molecule has 0 heterocycles. The second-order valence-corrected chi connectivity index (χ2v) is 5.10. The highest BCUT2D eigenvalue weighted by Crippen LogP contribution is 2.36. The summed E-state index contributed by atoms with van der Waals surface area (Å²) in [5.41, 5.74) is 3.76. The van der Waals surface area contributed by atoms with Gasteiger partial charge in [-0.25, -0.2) is 0 Å². The first-order valence-corrected chi connectivity index (χ1v) is 7.22. The van der Waals surface area contributed by atoms with E-state index in [1.54, 1.807) is 14.2 Å². The normalized spacial score (nSPS) is 13.4. The number of hydrogen-bond acceptors (Lipinski definition) is 2. The molecule has 2 atom stereocenters. The van der Waals surface area contributed by atoms with Gasteiger partial charge in [0.15, 0.2) is 0 Å². The van der Waals surface area contributed by atoms with Crippen molar-refractivity contribution in [2.75, 3.05) is 14.2 Å². The molecule has 114 valence electrons. The zero-order chi connectivity index (χ0) is 15.9. The molecule has 0 saturated heterocycles. The van der Waals surface area contributed by atoms with E-state index in [-0.39, 0.29) is 12.2 Å². The Kier molecular flexibility index (Phi) is 5.70. The van der Waals surface area contributed by atoms with Crippen LogP contribution in [0.1, 0.15) is 23.3 Å². The van der Waals surface area contributed by atoms with Crippen molar-refractivity contribution in [3.63, 3.8) is 0 Å². The van der Waals surface area contributed by atoms with Gasteiger partial charge in [0.2, 0.25) is 0 Å². The molecule has 2 rings (SSSR count). The first-order chi connectivity index (χ1) is 10.7. The molecule has 2 nitrogen and oxygen atoms in total. The van der Waals surface area contributed by atoms with Crippen LogP contribution >= 0.6 is 0 Å². The van der Waals surface area contributed by atoms with Crippen molar-refractivity contribution in [2.24, 2.45) is 0 Å². The lowest BCUT2D eigenvalue weighted by Gasteiger charge is -2.25. The Balaban J connectivity index is 2.25. The van der Waals surface area contributed by atoms with Crippen molar-refractivity contribution in [2.45, 2.75) is 12.2 Å². The van der Waals surface area contributed by atoms with Crippen LogP contribution in [0.2, 0.25) is 0 Å². The van der Waals surface area contributed by atoms with Crippen LogP contribution in [-0.2, 0) is 9.47 Å². The lowest BCUT2D eigenvalue weighted by molar-refractivity contribution is 0.114. The minimum Gasteiger partial charge on any atom is -0.372 e. The minimum atomic E-state index is -0.227. The third-order valence-electron chi connectivity index (χ3n) is 3.72. The predicted molar refractivity (Wildman–Crippen MR) is 90.7 cm³/mol. The fourth-order valence-electron chi connectivity index (χ4n) is 2.55. The largest absolute Gasteiger partial charge is 0.372 e. The Morgan fingerprint density at radius 3 is 1.27 bits per heavy atom. The molecule has 0 aliphatic rings. The molecule has 0 saturated carbocycles. The summed E-state index contributed by atoms with van der Waals surface area (Å²) in [7, 11) is 3.36. The molecule has 0 aliphatic carbocycles. The lowest BCUT2D eigenvalue weighted by atomic mass is 9.91. The van der Waals surface area contributed by atoms with Gasteiger partial charge in [-0.3, -0.25) is 0 Å². The molecule has 0 aliphatic heterocycles. The zero-order valence-electron chi connectivity index (χ0n) is 13.2. The Hall–Kier alpha value is -2.16. The first kappa shape index (κ1) is 16.2. The number of hydrogen-bond donors (Lipinski definition) is 0.